The number of hydrogen-bond donors (Lipinski definition) is 2. The number of nitrogens with one attached hydrogen (secondary N) is 1. The molecule has 0 spiro atoms. The monoisotopic (exact) mass is 272 g/mol. The number of nitrogens with zero attached hydrogens (tertiary/aromatic N) is 2. The highest BCUT2D eigenvalue weighted by molar-refractivity contribution is 6.04. The first kappa shape index (κ1) is 13.1. The molecule has 1 aromatic carbocycles. The van der Waals surface area contributed by atoms with E-state index in [0.29, 0.717) is 24.1 Å². The molecule has 1 fully saturated rings. The molecule has 1 amide bonds. The maximum atomic E-state index is 12.6. The summed E-state index contributed by atoms with van der Waals surface area (Å²) >= 11 is 0. The van der Waals surface area contributed by atoms with Crippen LogP contribution in [0.5, 0.6) is 0 Å². The van der Waals surface area contributed by atoms with Gasteiger partial charge in [-0.2, -0.15) is 5.10 Å². The molecule has 3 rings (SSSR count). The van der Waals surface area contributed by atoms with Crippen LogP contribution in [0, 0.1) is 11.8 Å². The van der Waals surface area contributed by atoms with Gasteiger partial charge in [-0.3, -0.25) is 9.89 Å². The molecule has 5 heteroatoms. The fourth-order valence-electron chi connectivity index (χ4n) is 2.92. The minimum atomic E-state index is 0.00722. The van der Waals surface area contributed by atoms with E-state index >= 15 is 0 Å². The van der Waals surface area contributed by atoms with Crippen LogP contribution in [0.1, 0.15) is 23.8 Å². The van der Waals surface area contributed by atoms with Gasteiger partial charge in [0.2, 0.25) is 0 Å². The Hall–Kier alpha value is -1.88. The highest BCUT2D eigenvalue weighted by Gasteiger charge is 2.30. The maximum absolute atomic E-state index is 12.6. The van der Waals surface area contributed by atoms with Gasteiger partial charge >= 0.3 is 0 Å². The first-order valence-electron chi connectivity index (χ1n) is 7.13. The van der Waals surface area contributed by atoms with Crippen molar-refractivity contribution >= 4 is 16.8 Å². The van der Waals surface area contributed by atoms with E-state index in [1.165, 1.54) is 0 Å². The Balaban J connectivity index is 1.85. The SMILES string of the molecule is CC1CCN(C(=O)c2n[nH]c3ccccc23)CC1CN. The van der Waals surface area contributed by atoms with Crippen molar-refractivity contribution in [3.63, 3.8) is 0 Å². The third-order valence-electron chi connectivity index (χ3n) is 4.38. The number of fused-ring (bicyclic) bond motifs is 1. The number of likely N-dealkylation sites (tertiary alicyclic amines) is 1. The Kier molecular flexibility index (Phi) is 3.44. The number of nitrogens with two attached hydrogens (primary N) is 1. The molecule has 0 bridgehead atoms. The van der Waals surface area contributed by atoms with Crippen LogP contribution in [0.4, 0.5) is 0 Å². The summed E-state index contributed by atoms with van der Waals surface area (Å²) in [6, 6.07) is 7.72. The average molecular weight is 272 g/mol. The van der Waals surface area contributed by atoms with Crippen LogP contribution < -0.4 is 5.73 Å². The lowest BCUT2D eigenvalue weighted by Gasteiger charge is -2.36. The van der Waals surface area contributed by atoms with E-state index in [-0.39, 0.29) is 5.91 Å². The number of hydrogen-bond acceptors (Lipinski definition) is 3. The van der Waals surface area contributed by atoms with Crippen molar-refractivity contribution in [3.8, 4) is 0 Å². The zero-order chi connectivity index (χ0) is 14.1. The molecule has 5 nitrogen and oxygen atoms in total. The number of benzene rings is 1. The summed E-state index contributed by atoms with van der Waals surface area (Å²) in [5.74, 6) is 0.977. The van der Waals surface area contributed by atoms with Crippen molar-refractivity contribution in [3.05, 3.63) is 30.0 Å². The van der Waals surface area contributed by atoms with E-state index in [9.17, 15) is 4.79 Å². The third kappa shape index (κ3) is 2.18. The molecule has 0 radical (unpaired) electrons. The molecule has 1 aliphatic rings. The second-order valence-corrected chi connectivity index (χ2v) is 5.63. The predicted molar refractivity (Wildman–Crippen MR) is 78.3 cm³/mol. The number of rotatable bonds is 2. The first-order chi connectivity index (χ1) is 9.70. The molecule has 1 aliphatic heterocycles. The summed E-state index contributed by atoms with van der Waals surface area (Å²) in [6.45, 7) is 4.37. The molecule has 0 aliphatic carbocycles. The predicted octanol–water partition coefficient (Wildman–Crippen LogP) is 1.62. The fourth-order valence-corrected chi connectivity index (χ4v) is 2.92. The number of H-pyrrole nitrogens is 1. The average Bonchev–Trinajstić information content (AvgIpc) is 2.91. The van der Waals surface area contributed by atoms with Crippen molar-refractivity contribution in [2.45, 2.75) is 13.3 Å². The fraction of sp³-hybridized carbons (Fsp3) is 0.467. The van der Waals surface area contributed by atoms with E-state index in [1.807, 2.05) is 29.2 Å². The Morgan fingerprint density at radius 3 is 3.10 bits per heavy atom. The van der Waals surface area contributed by atoms with Gasteiger partial charge in [-0.25, -0.2) is 0 Å². The number of amides is 1. The second-order valence-electron chi connectivity index (χ2n) is 5.63. The van der Waals surface area contributed by atoms with Crippen LogP contribution >= 0.6 is 0 Å². The molecule has 0 saturated carbocycles. The number of carbonyl (C=O) groups excluding carboxylic acids is 1. The van der Waals surface area contributed by atoms with Crippen molar-refractivity contribution in [2.75, 3.05) is 19.6 Å². The van der Waals surface area contributed by atoms with Crippen LogP contribution in [0.15, 0.2) is 24.3 Å². The van der Waals surface area contributed by atoms with Crippen molar-refractivity contribution in [1.82, 2.24) is 15.1 Å². The van der Waals surface area contributed by atoms with Crippen molar-refractivity contribution in [1.29, 1.82) is 0 Å². The highest BCUT2D eigenvalue weighted by atomic mass is 16.2. The van der Waals surface area contributed by atoms with Crippen LogP contribution in [0.25, 0.3) is 10.9 Å². The van der Waals surface area contributed by atoms with Gasteiger partial charge in [0.05, 0.1) is 5.52 Å². The van der Waals surface area contributed by atoms with Gasteiger partial charge in [-0.1, -0.05) is 25.1 Å². The zero-order valence-electron chi connectivity index (χ0n) is 11.7. The standard InChI is InChI=1S/C15H20N4O/c1-10-6-7-19(9-11(10)8-16)15(20)14-12-4-2-3-5-13(12)17-18-14/h2-5,10-11H,6-9,16H2,1H3,(H,17,18). The lowest BCUT2D eigenvalue weighted by Crippen LogP contribution is -2.45. The van der Waals surface area contributed by atoms with Crippen molar-refractivity contribution < 1.29 is 4.79 Å². The third-order valence-corrected chi connectivity index (χ3v) is 4.38. The summed E-state index contributed by atoms with van der Waals surface area (Å²) in [5.41, 5.74) is 7.22. The Morgan fingerprint density at radius 2 is 2.30 bits per heavy atom. The highest BCUT2D eigenvalue weighted by Crippen LogP contribution is 2.24. The normalized spacial score (nSPS) is 23.2. The topological polar surface area (TPSA) is 75.0 Å². The molecule has 2 aromatic rings. The van der Waals surface area contributed by atoms with Crippen LogP contribution in [0.2, 0.25) is 0 Å². The molecule has 1 aromatic heterocycles. The smallest absolute Gasteiger partial charge is 0.275 e. The lowest BCUT2D eigenvalue weighted by atomic mass is 9.87. The minimum absolute atomic E-state index is 0.00722. The van der Waals surface area contributed by atoms with E-state index < -0.39 is 0 Å². The van der Waals surface area contributed by atoms with Gasteiger partial charge in [0.15, 0.2) is 5.69 Å². The summed E-state index contributed by atoms with van der Waals surface area (Å²) in [4.78, 5) is 14.5. The Labute approximate surface area is 118 Å². The number of aromatic nitrogens is 2. The summed E-state index contributed by atoms with van der Waals surface area (Å²) in [6.07, 6.45) is 1.01. The maximum Gasteiger partial charge on any atom is 0.275 e. The zero-order valence-corrected chi connectivity index (χ0v) is 11.7. The Bertz CT molecular complexity index is 621. The van der Waals surface area contributed by atoms with E-state index in [0.717, 1.165) is 30.4 Å². The molecule has 2 atom stereocenters. The molecular formula is C15H20N4O. The number of piperidine rings is 1. The van der Waals surface area contributed by atoms with Gasteiger partial charge in [0.25, 0.3) is 5.91 Å². The van der Waals surface area contributed by atoms with Crippen molar-refractivity contribution in [2.24, 2.45) is 17.6 Å². The summed E-state index contributed by atoms with van der Waals surface area (Å²) in [7, 11) is 0. The molecule has 1 saturated heterocycles. The van der Waals surface area contributed by atoms with E-state index in [4.69, 9.17) is 5.73 Å². The van der Waals surface area contributed by atoms with Gasteiger partial charge in [-0.05, 0) is 30.9 Å². The van der Waals surface area contributed by atoms with Gasteiger partial charge in [0, 0.05) is 18.5 Å². The number of aromatic amines is 1. The van der Waals surface area contributed by atoms with Crippen LogP contribution in [-0.4, -0.2) is 40.6 Å². The molecular weight excluding hydrogens is 252 g/mol. The minimum Gasteiger partial charge on any atom is -0.337 e. The molecule has 2 unspecified atom stereocenters. The summed E-state index contributed by atoms with van der Waals surface area (Å²) in [5, 5.41) is 8.00. The van der Waals surface area contributed by atoms with Crippen LogP contribution in [0.3, 0.4) is 0 Å². The van der Waals surface area contributed by atoms with Crippen LogP contribution in [-0.2, 0) is 0 Å². The van der Waals surface area contributed by atoms with E-state index in [2.05, 4.69) is 17.1 Å². The Morgan fingerprint density at radius 1 is 1.50 bits per heavy atom. The van der Waals surface area contributed by atoms with Gasteiger partial charge < -0.3 is 10.6 Å². The molecule has 106 valence electrons. The lowest BCUT2D eigenvalue weighted by molar-refractivity contribution is 0.0614. The van der Waals surface area contributed by atoms with E-state index in [1.54, 1.807) is 0 Å². The van der Waals surface area contributed by atoms with Gasteiger partial charge in [0.1, 0.15) is 0 Å². The molecule has 20 heavy (non-hydrogen) atoms. The number of para-hydroxylation sites is 1. The largest absolute Gasteiger partial charge is 0.337 e. The molecule has 2 heterocycles. The number of carbonyl (C=O) groups is 1. The molecule has 3 N–H and O–H groups in total. The second kappa shape index (κ2) is 5.25. The first-order valence-corrected chi connectivity index (χ1v) is 7.13. The quantitative estimate of drug-likeness (QED) is 0.872. The summed E-state index contributed by atoms with van der Waals surface area (Å²) < 4.78 is 0. The van der Waals surface area contributed by atoms with Gasteiger partial charge in [-0.15, -0.1) is 0 Å².